The number of nitrogens with two attached hydrogens (primary N) is 1. The standard InChI is InChI=1S/C17H30N2/c18-16(12-19-3-1-2-4-19)11-17-8-13-5-14(9-17)7-15(6-13)10-17/h13-16H,1-12,18H2. The highest BCUT2D eigenvalue weighted by atomic mass is 15.1. The molecule has 4 aliphatic carbocycles. The van der Waals surface area contributed by atoms with Crippen molar-refractivity contribution in [2.24, 2.45) is 28.9 Å². The van der Waals surface area contributed by atoms with Crippen LogP contribution in [0.1, 0.15) is 57.8 Å². The molecule has 1 aliphatic heterocycles. The van der Waals surface area contributed by atoms with Crippen molar-refractivity contribution in [3.05, 3.63) is 0 Å². The fourth-order valence-corrected chi connectivity index (χ4v) is 6.46. The number of hydrogen-bond acceptors (Lipinski definition) is 2. The van der Waals surface area contributed by atoms with Crippen LogP contribution in [0, 0.1) is 23.2 Å². The number of hydrogen-bond donors (Lipinski definition) is 1. The molecule has 0 aromatic heterocycles. The first-order valence-electron chi connectivity index (χ1n) is 8.69. The van der Waals surface area contributed by atoms with Crippen LogP contribution in [0.15, 0.2) is 0 Å². The molecule has 1 heterocycles. The van der Waals surface area contributed by atoms with Crippen molar-refractivity contribution in [1.82, 2.24) is 4.90 Å². The van der Waals surface area contributed by atoms with Crippen molar-refractivity contribution in [3.8, 4) is 0 Å². The first kappa shape index (κ1) is 12.6. The SMILES string of the molecule is NC(CN1CCCC1)CC12CC3CC(CC(C3)C1)C2. The minimum Gasteiger partial charge on any atom is -0.327 e. The van der Waals surface area contributed by atoms with E-state index in [1.54, 1.807) is 19.3 Å². The van der Waals surface area contributed by atoms with Crippen LogP contribution in [0.25, 0.3) is 0 Å². The van der Waals surface area contributed by atoms with Gasteiger partial charge in [0.1, 0.15) is 0 Å². The van der Waals surface area contributed by atoms with Crippen LogP contribution in [0.3, 0.4) is 0 Å². The van der Waals surface area contributed by atoms with Crippen molar-refractivity contribution in [2.45, 2.75) is 63.8 Å². The van der Waals surface area contributed by atoms with Crippen molar-refractivity contribution in [3.63, 3.8) is 0 Å². The summed E-state index contributed by atoms with van der Waals surface area (Å²) in [5.74, 6) is 3.22. The Kier molecular flexibility index (Phi) is 3.15. The Morgan fingerprint density at radius 2 is 1.47 bits per heavy atom. The molecular weight excluding hydrogens is 232 g/mol. The Hall–Kier alpha value is -0.0800. The average molecular weight is 262 g/mol. The van der Waals surface area contributed by atoms with E-state index in [9.17, 15) is 0 Å². The van der Waals surface area contributed by atoms with Crippen LogP contribution in [-0.4, -0.2) is 30.6 Å². The Bertz CT molecular complexity index is 297. The van der Waals surface area contributed by atoms with Gasteiger partial charge in [-0.15, -0.1) is 0 Å². The van der Waals surface area contributed by atoms with Gasteiger partial charge in [-0.25, -0.2) is 0 Å². The molecule has 5 fully saturated rings. The van der Waals surface area contributed by atoms with E-state index in [1.807, 2.05) is 0 Å². The summed E-state index contributed by atoms with van der Waals surface area (Å²) in [6.07, 6.45) is 13.3. The summed E-state index contributed by atoms with van der Waals surface area (Å²) < 4.78 is 0. The second kappa shape index (κ2) is 4.73. The summed E-state index contributed by atoms with van der Waals surface area (Å²) in [7, 11) is 0. The maximum Gasteiger partial charge on any atom is 0.0173 e. The first-order valence-corrected chi connectivity index (χ1v) is 8.69. The van der Waals surface area contributed by atoms with Gasteiger partial charge in [-0.1, -0.05) is 0 Å². The first-order chi connectivity index (χ1) is 9.21. The minimum atomic E-state index is 0.439. The maximum atomic E-state index is 6.53. The van der Waals surface area contributed by atoms with Crippen LogP contribution < -0.4 is 5.73 Å². The van der Waals surface area contributed by atoms with E-state index >= 15 is 0 Å². The molecular formula is C17H30N2. The molecule has 0 spiro atoms. The quantitative estimate of drug-likeness (QED) is 0.844. The summed E-state index contributed by atoms with van der Waals surface area (Å²) in [5.41, 5.74) is 7.21. The van der Waals surface area contributed by atoms with Gasteiger partial charge in [0, 0.05) is 12.6 Å². The van der Waals surface area contributed by atoms with Crippen molar-refractivity contribution >= 4 is 0 Å². The van der Waals surface area contributed by atoms with E-state index in [1.165, 1.54) is 58.2 Å². The predicted octanol–water partition coefficient (Wildman–Crippen LogP) is 3.02. The molecule has 2 heteroatoms. The fourth-order valence-electron chi connectivity index (χ4n) is 6.46. The predicted molar refractivity (Wildman–Crippen MR) is 78.9 cm³/mol. The summed E-state index contributed by atoms with van der Waals surface area (Å²) in [4.78, 5) is 2.60. The maximum absolute atomic E-state index is 6.53. The van der Waals surface area contributed by atoms with Gasteiger partial charge in [0.05, 0.1) is 0 Å². The highest BCUT2D eigenvalue weighted by molar-refractivity contribution is 5.02. The summed E-state index contributed by atoms with van der Waals surface area (Å²) in [5, 5.41) is 0. The Morgan fingerprint density at radius 1 is 0.947 bits per heavy atom. The molecule has 0 amide bonds. The third kappa shape index (κ3) is 2.47. The molecule has 2 N–H and O–H groups in total. The van der Waals surface area contributed by atoms with Gasteiger partial charge in [0.15, 0.2) is 0 Å². The summed E-state index contributed by atoms with van der Waals surface area (Å²) in [6.45, 7) is 3.77. The Balaban J connectivity index is 1.38. The van der Waals surface area contributed by atoms with Crippen LogP contribution >= 0.6 is 0 Å². The summed E-state index contributed by atoms with van der Waals surface area (Å²) in [6, 6.07) is 0.439. The molecule has 0 aromatic rings. The van der Waals surface area contributed by atoms with Gasteiger partial charge in [0.2, 0.25) is 0 Å². The zero-order chi connectivity index (χ0) is 12.9. The molecule has 2 nitrogen and oxygen atoms in total. The van der Waals surface area contributed by atoms with Gasteiger partial charge in [-0.2, -0.15) is 0 Å². The molecule has 0 radical (unpaired) electrons. The molecule has 1 atom stereocenters. The monoisotopic (exact) mass is 262 g/mol. The molecule has 0 aromatic carbocycles. The van der Waals surface area contributed by atoms with Gasteiger partial charge < -0.3 is 10.6 Å². The second-order valence-corrected chi connectivity index (χ2v) is 8.39. The largest absolute Gasteiger partial charge is 0.327 e. The Morgan fingerprint density at radius 3 is 2.00 bits per heavy atom. The van der Waals surface area contributed by atoms with Crippen molar-refractivity contribution in [2.75, 3.05) is 19.6 Å². The molecule has 108 valence electrons. The topological polar surface area (TPSA) is 29.3 Å². The van der Waals surface area contributed by atoms with Crippen molar-refractivity contribution < 1.29 is 0 Å². The molecule has 19 heavy (non-hydrogen) atoms. The highest BCUT2D eigenvalue weighted by Gasteiger charge is 2.51. The van der Waals surface area contributed by atoms with E-state index in [-0.39, 0.29) is 0 Å². The molecule has 5 rings (SSSR count). The number of nitrogens with zero attached hydrogens (tertiary/aromatic N) is 1. The lowest BCUT2D eigenvalue weighted by Gasteiger charge is -2.57. The van der Waals surface area contributed by atoms with E-state index in [4.69, 9.17) is 5.73 Å². The normalized spacial score (nSPS) is 46.9. The Labute approximate surface area is 118 Å². The lowest BCUT2D eigenvalue weighted by atomic mass is 9.48. The van der Waals surface area contributed by atoms with Crippen LogP contribution in [0.4, 0.5) is 0 Å². The third-order valence-electron chi connectivity index (χ3n) is 6.55. The minimum absolute atomic E-state index is 0.439. The van der Waals surface area contributed by atoms with E-state index < -0.39 is 0 Å². The van der Waals surface area contributed by atoms with E-state index in [0.29, 0.717) is 11.5 Å². The van der Waals surface area contributed by atoms with Gasteiger partial charge in [-0.3, -0.25) is 0 Å². The van der Waals surface area contributed by atoms with Crippen LogP contribution in [-0.2, 0) is 0 Å². The molecule has 4 bridgehead atoms. The van der Waals surface area contributed by atoms with E-state index in [2.05, 4.69) is 4.90 Å². The van der Waals surface area contributed by atoms with Crippen LogP contribution in [0.2, 0.25) is 0 Å². The summed E-state index contributed by atoms with van der Waals surface area (Å²) >= 11 is 0. The smallest absolute Gasteiger partial charge is 0.0173 e. The molecule has 4 saturated carbocycles. The van der Waals surface area contributed by atoms with Gasteiger partial charge in [0.25, 0.3) is 0 Å². The lowest BCUT2D eigenvalue weighted by molar-refractivity contribution is -0.0612. The van der Waals surface area contributed by atoms with Crippen LogP contribution in [0.5, 0.6) is 0 Å². The molecule has 1 unspecified atom stereocenters. The number of likely N-dealkylation sites (tertiary alicyclic amines) is 1. The van der Waals surface area contributed by atoms with E-state index in [0.717, 1.165) is 17.8 Å². The molecule has 1 saturated heterocycles. The van der Waals surface area contributed by atoms with Gasteiger partial charge in [-0.05, 0) is 94.0 Å². The second-order valence-electron chi connectivity index (χ2n) is 8.39. The zero-order valence-corrected chi connectivity index (χ0v) is 12.3. The zero-order valence-electron chi connectivity index (χ0n) is 12.3. The number of rotatable bonds is 4. The lowest BCUT2D eigenvalue weighted by Crippen LogP contribution is -2.49. The average Bonchev–Trinajstić information content (AvgIpc) is 2.78. The highest BCUT2D eigenvalue weighted by Crippen LogP contribution is 2.61. The van der Waals surface area contributed by atoms with Crippen molar-refractivity contribution in [1.29, 1.82) is 0 Å². The fraction of sp³-hybridized carbons (Fsp3) is 1.00. The third-order valence-corrected chi connectivity index (χ3v) is 6.55. The van der Waals surface area contributed by atoms with Gasteiger partial charge >= 0.3 is 0 Å². The molecule has 5 aliphatic rings.